The smallest absolute Gasteiger partial charge is 0.126 e. The molecule has 0 saturated carbocycles. The van der Waals surface area contributed by atoms with Crippen LogP contribution in [0.3, 0.4) is 0 Å². The Balaban J connectivity index is 1.45. The summed E-state index contributed by atoms with van der Waals surface area (Å²) in [5, 5.41) is 1.09. The molecule has 0 amide bonds. The predicted octanol–water partition coefficient (Wildman–Crippen LogP) is 4.15. The van der Waals surface area contributed by atoms with E-state index in [-0.39, 0.29) is 11.9 Å². The van der Waals surface area contributed by atoms with Gasteiger partial charge in [0.1, 0.15) is 11.9 Å². The molecule has 0 spiro atoms. The van der Waals surface area contributed by atoms with Gasteiger partial charge in [-0.25, -0.2) is 9.37 Å². The van der Waals surface area contributed by atoms with Crippen LogP contribution in [-0.4, -0.2) is 34.6 Å². The number of rotatable bonds is 5. The first kappa shape index (κ1) is 18.2. The number of ether oxygens (including phenoxy) is 1. The van der Waals surface area contributed by atoms with Gasteiger partial charge in [0.05, 0.1) is 17.3 Å². The number of morpholine rings is 1. The van der Waals surface area contributed by atoms with Crippen molar-refractivity contribution in [2.24, 2.45) is 0 Å². The third-order valence-corrected chi connectivity index (χ3v) is 5.58. The molecule has 0 aliphatic carbocycles. The second-order valence-electron chi connectivity index (χ2n) is 6.76. The van der Waals surface area contributed by atoms with Gasteiger partial charge in [-0.3, -0.25) is 9.88 Å². The fourth-order valence-corrected chi connectivity index (χ4v) is 4.17. The number of nitrogens with zero attached hydrogens (tertiary/aromatic N) is 3. The van der Waals surface area contributed by atoms with E-state index in [1.54, 1.807) is 23.5 Å². The highest BCUT2D eigenvalue weighted by Crippen LogP contribution is 2.24. The zero-order valence-electron chi connectivity index (χ0n) is 15.3. The van der Waals surface area contributed by atoms with Gasteiger partial charge in [0.2, 0.25) is 0 Å². The number of pyridine rings is 1. The number of aryl methyl sites for hydroxylation is 1. The Morgan fingerprint density at radius 2 is 2.11 bits per heavy atom. The SMILES string of the molecule is Cc1ncc(CN2CCO[C@@H](c3cccc(Cc4ccccc4F)n3)C2)s1. The Hall–Kier alpha value is -2.15. The van der Waals surface area contributed by atoms with E-state index < -0.39 is 0 Å². The van der Waals surface area contributed by atoms with Crippen molar-refractivity contribution in [3.63, 3.8) is 0 Å². The van der Waals surface area contributed by atoms with E-state index in [0.717, 1.165) is 36.0 Å². The Morgan fingerprint density at radius 3 is 2.93 bits per heavy atom. The van der Waals surface area contributed by atoms with Gasteiger partial charge in [0.25, 0.3) is 0 Å². The summed E-state index contributed by atoms with van der Waals surface area (Å²) in [6.45, 7) is 5.30. The molecular formula is C21H22FN3OS. The molecule has 2 aromatic heterocycles. The minimum Gasteiger partial charge on any atom is -0.369 e. The van der Waals surface area contributed by atoms with Crippen molar-refractivity contribution in [1.82, 2.24) is 14.9 Å². The lowest BCUT2D eigenvalue weighted by atomic mass is 10.1. The van der Waals surface area contributed by atoms with E-state index in [9.17, 15) is 4.39 Å². The lowest BCUT2D eigenvalue weighted by Gasteiger charge is -2.32. The van der Waals surface area contributed by atoms with Gasteiger partial charge in [0.15, 0.2) is 0 Å². The van der Waals surface area contributed by atoms with Crippen LogP contribution in [0.2, 0.25) is 0 Å². The van der Waals surface area contributed by atoms with Gasteiger partial charge in [0, 0.05) is 42.8 Å². The molecule has 1 aliphatic rings. The van der Waals surface area contributed by atoms with Crippen molar-refractivity contribution in [3.05, 3.63) is 81.3 Å². The Labute approximate surface area is 162 Å². The van der Waals surface area contributed by atoms with Gasteiger partial charge in [-0.15, -0.1) is 11.3 Å². The number of thiazole rings is 1. The normalized spacial score (nSPS) is 17.9. The molecule has 0 unspecified atom stereocenters. The van der Waals surface area contributed by atoms with Gasteiger partial charge in [-0.1, -0.05) is 24.3 Å². The molecule has 1 aliphatic heterocycles. The molecule has 3 aromatic rings. The van der Waals surface area contributed by atoms with Crippen LogP contribution < -0.4 is 0 Å². The molecule has 3 heterocycles. The Kier molecular flexibility index (Phi) is 5.57. The maximum Gasteiger partial charge on any atom is 0.126 e. The van der Waals surface area contributed by atoms with Gasteiger partial charge >= 0.3 is 0 Å². The van der Waals surface area contributed by atoms with Gasteiger partial charge < -0.3 is 4.74 Å². The highest BCUT2D eigenvalue weighted by molar-refractivity contribution is 7.11. The Morgan fingerprint density at radius 1 is 1.22 bits per heavy atom. The van der Waals surface area contributed by atoms with Crippen LogP contribution in [0.15, 0.2) is 48.7 Å². The predicted molar refractivity (Wildman–Crippen MR) is 104 cm³/mol. The molecule has 140 valence electrons. The summed E-state index contributed by atoms with van der Waals surface area (Å²) in [6, 6.07) is 12.8. The first-order chi connectivity index (χ1) is 13.2. The third-order valence-electron chi connectivity index (χ3n) is 4.69. The molecule has 1 saturated heterocycles. The quantitative estimate of drug-likeness (QED) is 0.663. The van der Waals surface area contributed by atoms with Crippen LogP contribution in [0, 0.1) is 12.7 Å². The van der Waals surface area contributed by atoms with Crippen LogP contribution in [-0.2, 0) is 17.7 Å². The van der Waals surface area contributed by atoms with E-state index in [1.807, 2.05) is 37.4 Å². The third kappa shape index (κ3) is 4.58. The summed E-state index contributed by atoms with van der Waals surface area (Å²) >= 11 is 1.74. The molecule has 0 N–H and O–H groups in total. The standard InChI is InChI=1S/C21H22FN3OS/c1-15-23-12-18(27-15)13-25-9-10-26-21(14-25)20-8-4-6-17(24-20)11-16-5-2-3-7-19(16)22/h2-8,12,21H,9-11,13-14H2,1H3/t21-/m1/s1. The highest BCUT2D eigenvalue weighted by Gasteiger charge is 2.23. The van der Waals surface area contributed by atoms with E-state index in [4.69, 9.17) is 9.72 Å². The number of halogens is 1. The van der Waals surface area contributed by atoms with E-state index in [0.29, 0.717) is 18.6 Å². The van der Waals surface area contributed by atoms with Gasteiger partial charge in [-0.2, -0.15) is 0 Å². The molecule has 0 radical (unpaired) electrons. The first-order valence-electron chi connectivity index (χ1n) is 9.12. The van der Waals surface area contributed by atoms with Crippen LogP contribution in [0.1, 0.15) is 32.9 Å². The van der Waals surface area contributed by atoms with Crippen molar-refractivity contribution in [2.45, 2.75) is 26.0 Å². The summed E-state index contributed by atoms with van der Waals surface area (Å²) in [5.41, 5.74) is 2.43. The van der Waals surface area contributed by atoms with E-state index >= 15 is 0 Å². The number of hydrogen-bond donors (Lipinski definition) is 0. The fourth-order valence-electron chi connectivity index (χ4n) is 3.34. The molecule has 1 aromatic carbocycles. The summed E-state index contributed by atoms with van der Waals surface area (Å²) in [4.78, 5) is 12.7. The van der Waals surface area contributed by atoms with Crippen molar-refractivity contribution >= 4 is 11.3 Å². The average Bonchev–Trinajstić information content (AvgIpc) is 3.09. The van der Waals surface area contributed by atoms with Crippen molar-refractivity contribution < 1.29 is 9.13 Å². The van der Waals surface area contributed by atoms with Crippen molar-refractivity contribution in [3.8, 4) is 0 Å². The molecule has 4 rings (SSSR count). The molecular weight excluding hydrogens is 361 g/mol. The van der Waals surface area contributed by atoms with Crippen molar-refractivity contribution in [1.29, 1.82) is 0 Å². The summed E-state index contributed by atoms with van der Waals surface area (Å²) < 4.78 is 19.9. The molecule has 4 nitrogen and oxygen atoms in total. The number of benzene rings is 1. The average molecular weight is 383 g/mol. The molecule has 27 heavy (non-hydrogen) atoms. The minimum absolute atomic E-state index is 0.0617. The summed E-state index contributed by atoms with van der Waals surface area (Å²) in [6.07, 6.45) is 2.38. The fraction of sp³-hybridized carbons (Fsp3) is 0.333. The van der Waals surface area contributed by atoms with Crippen LogP contribution in [0.5, 0.6) is 0 Å². The monoisotopic (exact) mass is 383 g/mol. The molecule has 1 atom stereocenters. The molecule has 1 fully saturated rings. The first-order valence-corrected chi connectivity index (χ1v) is 9.93. The lowest BCUT2D eigenvalue weighted by Crippen LogP contribution is -2.38. The second-order valence-corrected chi connectivity index (χ2v) is 8.08. The Bertz CT molecular complexity index is 914. The maximum absolute atomic E-state index is 13.9. The molecule has 6 heteroatoms. The van der Waals surface area contributed by atoms with E-state index in [2.05, 4.69) is 9.88 Å². The van der Waals surface area contributed by atoms with Crippen LogP contribution >= 0.6 is 11.3 Å². The molecule has 0 bridgehead atoms. The second kappa shape index (κ2) is 8.25. The zero-order chi connectivity index (χ0) is 18.6. The summed E-state index contributed by atoms with van der Waals surface area (Å²) in [5.74, 6) is -0.190. The lowest BCUT2D eigenvalue weighted by molar-refractivity contribution is -0.0347. The zero-order valence-corrected chi connectivity index (χ0v) is 16.1. The topological polar surface area (TPSA) is 38.2 Å². The number of hydrogen-bond acceptors (Lipinski definition) is 5. The van der Waals surface area contributed by atoms with Crippen molar-refractivity contribution in [2.75, 3.05) is 19.7 Å². The largest absolute Gasteiger partial charge is 0.369 e. The van der Waals surface area contributed by atoms with Gasteiger partial charge in [-0.05, 0) is 30.7 Å². The maximum atomic E-state index is 13.9. The number of aromatic nitrogens is 2. The highest BCUT2D eigenvalue weighted by atomic mass is 32.1. The summed E-state index contributed by atoms with van der Waals surface area (Å²) in [7, 11) is 0. The van der Waals surface area contributed by atoms with Crippen LogP contribution in [0.25, 0.3) is 0 Å². The van der Waals surface area contributed by atoms with Crippen LogP contribution in [0.4, 0.5) is 4.39 Å². The van der Waals surface area contributed by atoms with E-state index in [1.165, 1.54) is 10.9 Å². The minimum atomic E-state index is -0.190.